The van der Waals surface area contributed by atoms with Crippen molar-refractivity contribution >= 4 is 5.91 Å². The van der Waals surface area contributed by atoms with Gasteiger partial charge in [0.2, 0.25) is 5.91 Å². The van der Waals surface area contributed by atoms with Gasteiger partial charge in [0.25, 0.3) is 0 Å². The van der Waals surface area contributed by atoms with Gasteiger partial charge in [-0.1, -0.05) is 6.42 Å². The molecular weight excluding hydrogens is 238 g/mol. The first-order valence-electron chi connectivity index (χ1n) is 7.90. The first kappa shape index (κ1) is 14.8. The number of amides is 1. The molecule has 4 nitrogen and oxygen atoms in total. The molecule has 2 fully saturated rings. The van der Waals surface area contributed by atoms with Gasteiger partial charge in [0.15, 0.2) is 0 Å². The fraction of sp³-hybridized carbons (Fsp3) is 0.933. The second-order valence-electron chi connectivity index (χ2n) is 6.47. The van der Waals surface area contributed by atoms with Crippen LogP contribution in [0.1, 0.15) is 58.3 Å². The maximum atomic E-state index is 11.6. The zero-order chi connectivity index (χ0) is 13.7. The van der Waals surface area contributed by atoms with Gasteiger partial charge in [-0.15, -0.1) is 0 Å². The molecule has 0 bridgehead atoms. The number of carbonyl (C=O) groups excluding carboxylic acids is 1. The van der Waals surface area contributed by atoms with Crippen LogP contribution in [0.4, 0.5) is 0 Å². The summed E-state index contributed by atoms with van der Waals surface area (Å²) in [5.41, 5.74) is 5.06. The van der Waals surface area contributed by atoms with Crippen LogP contribution in [0.3, 0.4) is 0 Å². The lowest BCUT2D eigenvalue weighted by Gasteiger charge is -2.29. The fourth-order valence-electron chi connectivity index (χ4n) is 2.94. The van der Waals surface area contributed by atoms with Crippen molar-refractivity contribution in [2.24, 2.45) is 5.73 Å². The zero-order valence-electron chi connectivity index (χ0n) is 12.3. The van der Waals surface area contributed by atoms with Crippen LogP contribution in [0.5, 0.6) is 0 Å². The van der Waals surface area contributed by atoms with Crippen LogP contribution in [-0.2, 0) is 4.79 Å². The summed E-state index contributed by atoms with van der Waals surface area (Å²) in [5.74, 6) is -0.197. The van der Waals surface area contributed by atoms with E-state index < -0.39 is 5.54 Å². The molecule has 2 rings (SSSR count). The number of rotatable bonds is 8. The number of likely N-dealkylation sites (tertiary alicyclic amines) is 1. The number of nitrogens with zero attached hydrogens (tertiary/aromatic N) is 1. The van der Waals surface area contributed by atoms with Crippen molar-refractivity contribution in [1.82, 2.24) is 10.2 Å². The molecule has 110 valence electrons. The molecule has 1 amide bonds. The standard InChI is InChI=1S/C15H29N3O/c1-15(14(16)19,17-13-7-8-13)9-3-6-12-18-10-4-2-5-11-18/h13,17H,2-12H2,1H3,(H2,16,19). The van der Waals surface area contributed by atoms with Crippen LogP contribution in [0.2, 0.25) is 0 Å². The Labute approximate surface area is 117 Å². The van der Waals surface area contributed by atoms with Gasteiger partial charge < -0.3 is 16.0 Å². The molecule has 1 unspecified atom stereocenters. The molecule has 1 aliphatic heterocycles. The van der Waals surface area contributed by atoms with Crippen molar-refractivity contribution in [3.05, 3.63) is 0 Å². The number of nitrogens with one attached hydrogen (secondary N) is 1. The highest BCUT2D eigenvalue weighted by atomic mass is 16.1. The van der Waals surface area contributed by atoms with E-state index in [9.17, 15) is 4.79 Å². The molecule has 1 atom stereocenters. The van der Waals surface area contributed by atoms with Gasteiger partial charge in [0.05, 0.1) is 5.54 Å². The van der Waals surface area contributed by atoms with Gasteiger partial charge in [0.1, 0.15) is 0 Å². The Balaban J connectivity index is 1.65. The SMILES string of the molecule is CC(CCCCN1CCCCC1)(NC1CC1)C(N)=O. The molecule has 19 heavy (non-hydrogen) atoms. The van der Waals surface area contributed by atoms with E-state index in [0.29, 0.717) is 6.04 Å². The van der Waals surface area contributed by atoms with Crippen LogP contribution in [0.25, 0.3) is 0 Å². The minimum Gasteiger partial charge on any atom is -0.368 e. The summed E-state index contributed by atoms with van der Waals surface area (Å²) in [4.78, 5) is 14.2. The molecule has 1 heterocycles. The van der Waals surface area contributed by atoms with Crippen LogP contribution < -0.4 is 11.1 Å². The van der Waals surface area contributed by atoms with Crippen molar-refractivity contribution in [3.63, 3.8) is 0 Å². The van der Waals surface area contributed by atoms with E-state index in [0.717, 1.165) is 12.8 Å². The molecule has 0 aromatic heterocycles. The lowest BCUT2D eigenvalue weighted by atomic mass is 9.93. The Kier molecular flexibility index (Phi) is 5.22. The maximum absolute atomic E-state index is 11.6. The van der Waals surface area contributed by atoms with Crippen LogP contribution in [0, 0.1) is 0 Å². The number of primary amides is 1. The van der Waals surface area contributed by atoms with Crippen molar-refractivity contribution in [2.45, 2.75) is 69.9 Å². The Bertz CT molecular complexity index is 298. The highest BCUT2D eigenvalue weighted by Gasteiger charge is 2.36. The smallest absolute Gasteiger partial charge is 0.237 e. The molecule has 1 saturated carbocycles. The first-order chi connectivity index (χ1) is 9.10. The van der Waals surface area contributed by atoms with E-state index in [1.54, 1.807) is 0 Å². The number of nitrogens with two attached hydrogens (primary N) is 1. The second kappa shape index (κ2) is 6.71. The molecule has 0 spiro atoms. The van der Waals surface area contributed by atoms with E-state index in [-0.39, 0.29) is 5.91 Å². The summed E-state index contributed by atoms with van der Waals surface area (Å²) in [5, 5.41) is 3.42. The van der Waals surface area contributed by atoms with Gasteiger partial charge in [0, 0.05) is 6.04 Å². The molecular formula is C15H29N3O. The Morgan fingerprint density at radius 3 is 2.53 bits per heavy atom. The topological polar surface area (TPSA) is 58.4 Å². The summed E-state index contributed by atoms with van der Waals surface area (Å²) in [7, 11) is 0. The predicted octanol–water partition coefficient (Wildman–Crippen LogP) is 1.64. The van der Waals surface area contributed by atoms with Crippen molar-refractivity contribution in [2.75, 3.05) is 19.6 Å². The summed E-state index contributed by atoms with van der Waals surface area (Å²) >= 11 is 0. The average molecular weight is 267 g/mol. The number of hydrogen-bond acceptors (Lipinski definition) is 3. The lowest BCUT2D eigenvalue weighted by molar-refractivity contribution is -0.124. The van der Waals surface area contributed by atoms with Crippen LogP contribution in [-0.4, -0.2) is 42.0 Å². The molecule has 0 radical (unpaired) electrons. The van der Waals surface area contributed by atoms with E-state index in [1.165, 1.54) is 58.2 Å². The fourth-order valence-corrected chi connectivity index (χ4v) is 2.94. The number of unbranched alkanes of at least 4 members (excludes halogenated alkanes) is 1. The van der Waals surface area contributed by atoms with E-state index in [2.05, 4.69) is 10.2 Å². The van der Waals surface area contributed by atoms with Crippen LogP contribution >= 0.6 is 0 Å². The maximum Gasteiger partial charge on any atom is 0.237 e. The van der Waals surface area contributed by atoms with Gasteiger partial charge in [-0.2, -0.15) is 0 Å². The van der Waals surface area contributed by atoms with Gasteiger partial charge in [-0.05, 0) is 71.5 Å². The number of carbonyl (C=O) groups is 1. The van der Waals surface area contributed by atoms with Gasteiger partial charge in [-0.3, -0.25) is 4.79 Å². The molecule has 4 heteroatoms. The zero-order valence-corrected chi connectivity index (χ0v) is 12.3. The monoisotopic (exact) mass is 267 g/mol. The number of piperidine rings is 1. The third-order valence-electron chi connectivity index (χ3n) is 4.49. The Morgan fingerprint density at radius 1 is 1.26 bits per heavy atom. The third-order valence-corrected chi connectivity index (χ3v) is 4.49. The molecule has 2 aliphatic rings. The first-order valence-corrected chi connectivity index (χ1v) is 7.90. The summed E-state index contributed by atoms with van der Waals surface area (Å²) < 4.78 is 0. The summed E-state index contributed by atoms with van der Waals surface area (Å²) in [6.07, 6.45) is 9.59. The molecule has 1 saturated heterocycles. The minimum atomic E-state index is -0.497. The highest BCUT2D eigenvalue weighted by Crippen LogP contribution is 2.25. The Hall–Kier alpha value is -0.610. The molecule has 0 aromatic carbocycles. The summed E-state index contributed by atoms with van der Waals surface area (Å²) in [6, 6.07) is 0.527. The van der Waals surface area contributed by atoms with E-state index >= 15 is 0 Å². The third kappa shape index (κ3) is 4.77. The van der Waals surface area contributed by atoms with Crippen molar-refractivity contribution < 1.29 is 4.79 Å². The van der Waals surface area contributed by atoms with Gasteiger partial charge in [-0.25, -0.2) is 0 Å². The average Bonchev–Trinajstić information content (AvgIpc) is 3.19. The van der Waals surface area contributed by atoms with Crippen LogP contribution in [0.15, 0.2) is 0 Å². The van der Waals surface area contributed by atoms with Gasteiger partial charge >= 0.3 is 0 Å². The predicted molar refractivity (Wildman–Crippen MR) is 77.9 cm³/mol. The Morgan fingerprint density at radius 2 is 1.95 bits per heavy atom. The highest BCUT2D eigenvalue weighted by molar-refractivity contribution is 5.84. The normalized spacial score (nSPS) is 24.1. The van der Waals surface area contributed by atoms with E-state index in [4.69, 9.17) is 5.73 Å². The van der Waals surface area contributed by atoms with Crippen molar-refractivity contribution in [3.8, 4) is 0 Å². The number of hydrogen-bond donors (Lipinski definition) is 2. The summed E-state index contributed by atoms with van der Waals surface area (Å²) in [6.45, 7) is 5.66. The van der Waals surface area contributed by atoms with Crippen molar-refractivity contribution in [1.29, 1.82) is 0 Å². The van der Waals surface area contributed by atoms with E-state index in [1.807, 2.05) is 6.92 Å². The molecule has 3 N–H and O–H groups in total. The second-order valence-corrected chi connectivity index (χ2v) is 6.47. The minimum absolute atomic E-state index is 0.197. The largest absolute Gasteiger partial charge is 0.368 e. The molecule has 0 aromatic rings. The quantitative estimate of drug-likeness (QED) is 0.657. The lowest BCUT2D eigenvalue weighted by Crippen LogP contribution is -2.54. The molecule has 1 aliphatic carbocycles.